The van der Waals surface area contributed by atoms with Crippen LogP contribution < -0.4 is 12.9 Å². The summed E-state index contributed by atoms with van der Waals surface area (Å²) in [4.78, 5) is 0. The van der Waals surface area contributed by atoms with Crippen LogP contribution in [0.3, 0.4) is 0 Å². The molecule has 1 heterocycles. The third-order valence-corrected chi connectivity index (χ3v) is 6.97. The number of benzene rings is 3. The minimum atomic E-state index is -3.58. The van der Waals surface area contributed by atoms with Gasteiger partial charge in [-0.1, -0.05) is 30.3 Å². The molecule has 0 amide bonds. The van der Waals surface area contributed by atoms with Gasteiger partial charge in [-0.25, -0.2) is 4.42 Å². The Morgan fingerprint density at radius 3 is 1.64 bits per heavy atom. The molecule has 8 heteroatoms. The summed E-state index contributed by atoms with van der Waals surface area (Å²) in [5, 5.41) is 0. The number of hydrogen-bond acceptors (Lipinski definition) is 5. The quantitative estimate of drug-likeness (QED) is 0.0986. The van der Waals surface area contributed by atoms with Gasteiger partial charge >= 0.3 is 81.2 Å². The second-order valence-electron chi connectivity index (χ2n) is 8.52. The van der Waals surface area contributed by atoms with Gasteiger partial charge in [0, 0.05) is 5.56 Å². The first-order valence-corrected chi connectivity index (χ1v) is 15.8. The van der Waals surface area contributed by atoms with Crippen LogP contribution in [0.25, 0.3) is 33.8 Å². The predicted octanol–water partition coefficient (Wildman–Crippen LogP) is 7.09. The van der Waals surface area contributed by atoms with Crippen LogP contribution in [0.2, 0.25) is 0 Å². The van der Waals surface area contributed by atoms with Crippen molar-refractivity contribution in [2.75, 3.05) is 20.8 Å². The Morgan fingerprint density at radius 2 is 1.21 bits per heavy atom. The van der Waals surface area contributed by atoms with Crippen molar-refractivity contribution in [3.05, 3.63) is 91.0 Å². The first-order chi connectivity index (χ1) is 18.5. The second kappa shape index (κ2) is 17.5. The molecule has 0 saturated heterocycles. The van der Waals surface area contributed by atoms with Crippen LogP contribution in [-0.2, 0) is 6.03 Å². The van der Waals surface area contributed by atoms with Crippen molar-refractivity contribution in [1.29, 1.82) is 0 Å². The Bertz CT molecular complexity index is 1200. The SMILES string of the molecule is CCCCCC[O][Sb](=[O])[O-].COc1ccc(-c2cc(-c3ccccc3)cc(-c3ccc(OC)cc3)[o+]2)cc1.F. The third-order valence-electron chi connectivity index (χ3n) is 5.84. The molecule has 0 aliphatic carbocycles. The standard InChI is InChI=1S/C25H21O3.C6H13O.FH.2O.Sb/c1-26-22-12-8-19(9-13-22)24-16-21(18-6-4-3-5-7-18)17-25(28-24)20-10-14-23(27-2)15-11-20;1-2-3-4-5-6-7;;;;/h3-17H,1-2H3;2-6H2,1H3;1H;;;/q+1;-1;;;-1;+1. The molecule has 0 saturated carbocycles. The molecule has 0 fully saturated rings. The van der Waals surface area contributed by atoms with Crippen LogP contribution in [0.5, 0.6) is 11.5 Å². The smallest absolute Gasteiger partial charge is 0.361 e. The van der Waals surface area contributed by atoms with Gasteiger partial charge < -0.3 is 9.47 Å². The van der Waals surface area contributed by atoms with Gasteiger partial charge in [-0.2, -0.15) is 0 Å². The number of halogens is 1. The molecule has 6 nitrogen and oxygen atoms in total. The third kappa shape index (κ3) is 10.5. The maximum absolute atomic E-state index is 9.97. The van der Waals surface area contributed by atoms with Crippen molar-refractivity contribution in [2.45, 2.75) is 32.6 Å². The summed E-state index contributed by atoms with van der Waals surface area (Å²) in [5.41, 5.74) is 4.23. The zero-order chi connectivity index (χ0) is 27.2. The number of ether oxygens (including phenoxy) is 2. The van der Waals surface area contributed by atoms with Crippen molar-refractivity contribution >= 4 is 21.0 Å². The zero-order valence-corrected chi connectivity index (χ0v) is 25.1. The topological polar surface area (TPSA) is 79.1 Å². The van der Waals surface area contributed by atoms with Gasteiger partial charge in [-0.15, -0.1) is 0 Å². The largest absolute Gasteiger partial charge is 0.497 e. The average molecular weight is 644 g/mol. The molecule has 1 radical (unpaired) electrons. The molecule has 0 atom stereocenters. The van der Waals surface area contributed by atoms with Crippen molar-refractivity contribution in [1.82, 2.24) is 0 Å². The van der Waals surface area contributed by atoms with Gasteiger partial charge in [0.05, 0.1) is 37.5 Å². The van der Waals surface area contributed by atoms with Gasteiger partial charge in [-0.3, -0.25) is 4.70 Å². The Kier molecular flexibility index (Phi) is 14.4. The average Bonchev–Trinajstić information content (AvgIpc) is 2.97. The van der Waals surface area contributed by atoms with Gasteiger partial charge in [0.15, 0.2) is 0 Å². The normalized spacial score (nSPS) is 10.1. The fourth-order valence-electron chi connectivity index (χ4n) is 3.76. The molecule has 0 bridgehead atoms. The number of unbranched alkanes of at least 4 members (excludes halogenated alkanes) is 3. The van der Waals surface area contributed by atoms with E-state index < -0.39 is 21.0 Å². The van der Waals surface area contributed by atoms with E-state index in [9.17, 15) is 6.40 Å². The Labute approximate surface area is 238 Å². The van der Waals surface area contributed by atoms with E-state index in [4.69, 9.17) is 13.9 Å². The predicted molar refractivity (Wildman–Crippen MR) is 152 cm³/mol. The van der Waals surface area contributed by atoms with E-state index in [2.05, 4.69) is 34.2 Å². The number of rotatable bonds is 11. The molecule has 0 aliphatic heterocycles. The van der Waals surface area contributed by atoms with E-state index in [0.29, 0.717) is 6.61 Å². The summed E-state index contributed by atoms with van der Waals surface area (Å²) in [6, 6.07) is 30.2. The zero-order valence-electron chi connectivity index (χ0n) is 22.5. The van der Waals surface area contributed by atoms with E-state index >= 15 is 0 Å². The molecular weight excluding hydrogens is 609 g/mol. The number of hydrogen-bond donors (Lipinski definition) is 0. The fourth-order valence-corrected chi connectivity index (χ4v) is 4.56. The van der Waals surface area contributed by atoms with Crippen molar-refractivity contribution < 1.29 is 28.0 Å². The minimum absolute atomic E-state index is 0. The molecular formula is C31H35FO6Sb. The molecule has 0 spiro atoms. The van der Waals surface area contributed by atoms with Crippen molar-refractivity contribution in [3.63, 3.8) is 0 Å². The first-order valence-electron chi connectivity index (χ1n) is 12.6. The molecule has 1 aromatic heterocycles. The molecule has 4 rings (SSSR count). The van der Waals surface area contributed by atoms with Crippen LogP contribution in [0, 0.1) is 0 Å². The van der Waals surface area contributed by atoms with Crippen LogP contribution in [0.4, 0.5) is 4.70 Å². The van der Waals surface area contributed by atoms with Crippen LogP contribution in [-0.4, -0.2) is 41.9 Å². The number of methoxy groups -OCH3 is 2. The Morgan fingerprint density at radius 1 is 0.692 bits per heavy atom. The van der Waals surface area contributed by atoms with Gasteiger partial charge in [0.1, 0.15) is 11.5 Å². The van der Waals surface area contributed by atoms with E-state index in [0.717, 1.165) is 64.5 Å². The molecule has 39 heavy (non-hydrogen) atoms. The van der Waals surface area contributed by atoms with E-state index in [-0.39, 0.29) is 4.70 Å². The molecule has 4 aromatic rings. The minimum Gasteiger partial charge on any atom is -0.497 e. The van der Waals surface area contributed by atoms with Crippen molar-refractivity contribution in [3.8, 4) is 45.3 Å². The molecule has 207 valence electrons. The first kappa shape index (κ1) is 32.1. The molecule has 0 aliphatic rings. The fraction of sp³-hybridized carbons (Fsp3) is 0.258. The van der Waals surface area contributed by atoms with Crippen molar-refractivity contribution in [2.24, 2.45) is 0 Å². The molecule has 0 unspecified atom stereocenters. The maximum atomic E-state index is 9.97. The summed E-state index contributed by atoms with van der Waals surface area (Å²) < 4.78 is 41.2. The van der Waals surface area contributed by atoms with E-state index in [1.807, 2.05) is 66.7 Å². The summed E-state index contributed by atoms with van der Waals surface area (Å²) in [6.45, 7) is 2.51. The molecule has 3 aromatic carbocycles. The van der Waals surface area contributed by atoms with Gasteiger partial charge in [0.25, 0.3) is 0 Å². The Hall–Kier alpha value is -3.12. The summed E-state index contributed by atoms with van der Waals surface area (Å²) in [6.07, 6.45) is 4.28. The summed E-state index contributed by atoms with van der Waals surface area (Å²) in [7, 11) is 3.33. The second-order valence-corrected chi connectivity index (χ2v) is 10.5. The van der Waals surface area contributed by atoms with Gasteiger partial charge in [0.2, 0.25) is 0 Å². The van der Waals surface area contributed by atoms with E-state index in [1.165, 1.54) is 6.42 Å². The van der Waals surface area contributed by atoms with Crippen LogP contribution in [0.15, 0.2) is 95.4 Å². The summed E-state index contributed by atoms with van der Waals surface area (Å²) >= 11 is -3.58. The molecule has 0 N–H and O–H groups in total. The van der Waals surface area contributed by atoms with Gasteiger partial charge in [-0.05, 0) is 54.1 Å². The monoisotopic (exact) mass is 643 g/mol. The maximum Gasteiger partial charge on any atom is 0.361 e. The van der Waals surface area contributed by atoms with Crippen LogP contribution >= 0.6 is 0 Å². The summed E-state index contributed by atoms with van der Waals surface area (Å²) in [5.74, 6) is 3.24. The van der Waals surface area contributed by atoms with Crippen LogP contribution in [0.1, 0.15) is 32.6 Å². The Balaban J connectivity index is 0.000000417. The van der Waals surface area contributed by atoms with E-state index in [1.54, 1.807) is 14.2 Å².